The molecule has 0 saturated heterocycles. The molecule has 1 amide bonds. The van der Waals surface area contributed by atoms with Crippen LogP contribution in [0.1, 0.15) is 25.8 Å². The number of phenolic OH excluding ortho intramolecular Hbond substituents is 1. The molecule has 1 rings (SSSR count). The average molecular weight is 193 g/mol. The van der Waals surface area contributed by atoms with Crippen LogP contribution in [0.2, 0.25) is 0 Å². The maximum atomic E-state index is 10.9. The number of benzene rings is 1. The number of rotatable bonds is 3. The lowest BCUT2D eigenvalue weighted by molar-refractivity contribution is -0.114. The zero-order valence-corrected chi connectivity index (χ0v) is 8.50. The van der Waals surface area contributed by atoms with Crippen LogP contribution in [0.4, 0.5) is 5.69 Å². The van der Waals surface area contributed by atoms with Gasteiger partial charge in [0, 0.05) is 18.2 Å². The van der Waals surface area contributed by atoms with Gasteiger partial charge in [-0.3, -0.25) is 4.79 Å². The minimum absolute atomic E-state index is 0.118. The van der Waals surface area contributed by atoms with Gasteiger partial charge in [-0.05, 0) is 18.6 Å². The third-order valence-electron chi connectivity index (χ3n) is 1.96. The van der Waals surface area contributed by atoms with E-state index in [0.29, 0.717) is 5.69 Å². The first-order valence-corrected chi connectivity index (χ1v) is 4.73. The summed E-state index contributed by atoms with van der Waals surface area (Å²) in [6, 6.07) is 5.15. The molecular formula is C11H15NO2. The van der Waals surface area contributed by atoms with Crippen molar-refractivity contribution in [2.45, 2.75) is 26.7 Å². The van der Waals surface area contributed by atoms with Crippen molar-refractivity contribution in [3.05, 3.63) is 23.8 Å². The summed E-state index contributed by atoms with van der Waals surface area (Å²) in [6.45, 7) is 3.49. The van der Waals surface area contributed by atoms with Crippen molar-refractivity contribution in [2.24, 2.45) is 0 Å². The van der Waals surface area contributed by atoms with Gasteiger partial charge in [0.25, 0.3) is 0 Å². The largest absolute Gasteiger partial charge is 0.508 e. The van der Waals surface area contributed by atoms with Crippen molar-refractivity contribution >= 4 is 11.6 Å². The van der Waals surface area contributed by atoms with Crippen molar-refractivity contribution in [2.75, 3.05) is 5.32 Å². The van der Waals surface area contributed by atoms with E-state index in [0.717, 1.165) is 18.4 Å². The summed E-state index contributed by atoms with van der Waals surface area (Å²) < 4.78 is 0. The molecule has 0 aliphatic carbocycles. The van der Waals surface area contributed by atoms with Gasteiger partial charge in [0.2, 0.25) is 5.91 Å². The number of carbonyl (C=O) groups is 1. The van der Waals surface area contributed by atoms with E-state index >= 15 is 0 Å². The first kappa shape index (κ1) is 10.6. The van der Waals surface area contributed by atoms with E-state index in [2.05, 4.69) is 5.32 Å². The molecule has 0 atom stereocenters. The highest BCUT2D eigenvalue weighted by Crippen LogP contribution is 2.26. The van der Waals surface area contributed by atoms with E-state index in [1.54, 1.807) is 18.2 Å². The molecule has 0 spiro atoms. The minimum Gasteiger partial charge on any atom is -0.508 e. The topological polar surface area (TPSA) is 49.3 Å². The molecule has 76 valence electrons. The molecule has 0 aliphatic rings. The number of anilines is 1. The Labute approximate surface area is 83.8 Å². The zero-order valence-electron chi connectivity index (χ0n) is 8.50. The number of hydrogen-bond acceptors (Lipinski definition) is 2. The van der Waals surface area contributed by atoms with Gasteiger partial charge in [-0.25, -0.2) is 0 Å². The second-order valence-electron chi connectivity index (χ2n) is 3.23. The van der Waals surface area contributed by atoms with Crippen molar-refractivity contribution in [3.63, 3.8) is 0 Å². The molecule has 3 nitrogen and oxygen atoms in total. The molecule has 0 radical (unpaired) electrons. The van der Waals surface area contributed by atoms with Gasteiger partial charge in [0.05, 0.1) is 0 Å². The maximum Gasteiger partial charge on any atom is 0.221 e. The summed E-state index contributed by atoms with van der Waals surface area (Å²) in [6.07, 6.45) is 1.70. The fourth-order valence-electron chi connectivity index (χ4n) is 1.39. The van der Waals surface area contributed by atoms with Gasteiger partial charge in [-0.15, -0.1) is 0 Å². The predicted molar refractivity (Wildman–Crippen MR) is 56.4 cm³/mol. The van der Waals surface area contributed by atoms with Crippen LogP contribution in [-0.4, -0.2) is 11.0 Å². The van der Waals surface area contributed by atoms with E-state index in [-0.39, 0.29) is 11.7 Å². The van der Waals surface area contributed by atoms with E-state index in [9.17, 15) is 9.90 Å². The smallest absolute Gasteiger partial charge is 0.221 e. The molecule has 0 heterocycles. The standard InChI is InChI=1S/C11H15NO2/c1-3-5-9-10(12-8(2)13)6-4-7-11(9)14/h4,6-7,14H,3,5H2,1-2H3,(H,12,13). The number of hydrogen-bond donors (Lipinski definition) is 2. The molecule has 14 heavy (non-hydrogen) atoms. The van der Waals surface area contributed by atoms with Crippen LogP contribution in [0.25, 0.3) is 0 Å². The number of nitrogens with one attached hydrogen (secondary N) is 1. The molecule has 2 N–H and O–H groups in total. The lowest BCUT2D eigenvalue weighted by Crippen LogP contribution is -2.08. The monoisotopic (exact) mass is 193 g/mol. The number of amides is 1. The Morgan fingerprint density at radius 3 is 2.79 bits per heavy atom. The van der Waals surface area contributed by atoms with Gasteiger partial charge in [-0.1, -0.05) is 19.4 Å². The van der Waals surface area contributed by atoms with Crippen molar-refractivity contribution < 1.29 is 9.90 Å². The van der Waals surface area contributed by atoms with Crippen LogP contribution >= 0.6 is 0 Å². The highest BCUT2D eigenvalue weighted by molar-refractivity contribution is 5.90. The van der Waals surface area contributed by atoms with E-state index in [1.165, 1.54) is 6.92 Å². The number of carbonyl (C=O) groups excluding carboxylic acids is 1. The Balaban J connectivity index is 3.01. The molecule has 0 saturated carbocycles. The van der Waals surface area contributed by atoms with Crippen molar-refractivity contribution in [3.8, 4) is 5.75 Å². The lowest BCUT2D eigenvalue weighted by atomic mass is 10.1. The molecular weight excluding hydrogens is 178 g/mol. The fourth-order valence-corrected chi connectivity index (χ4v) is 1.39. The number of aromatic hydroxyl groups is 1. The fraction of sp³-hybridized carbons (Fsp3) is 0.364. The average Bonchev–Trinajstić information content (AvgIpc) is 2.10. The van der Waals surface area contributed by atoms with Gasteiger partial charge in [0.15, 0.2) is 0 Å². The molecule has 3 heteroatoms. The number of phenols is 1. The predicted octanol–water partition coefficient (Wildman–Crippen LogP) is 2.30. The van der Waals surface area contributed by atoms with Crippen LogP contribution in [0.3, 0.4) is 0 Å². The van der Waals surface area contributed by atoms with Crippen LogP contribution < -0.4 is 5.32 Å². The SMILES string of the molecule is CCCc1c(O)cccc1NC(C)=O. The second-order valence-corrected chi connectivity index (χ2v) is 3.23. The molecule has 1 aromatic carbocycles. The Morgan fingerprint density at radius 2 is 2.21 bits per heavy atom. The van der Waals surface area contributed by atoms with Gasteiger partial charge in [-0.2, -0.15) is 0 Å². The molecule has 0 aromatic heterocycles. The van der Waals surface area contributed by atoms with Gasteiger partial charge >= 0.3 is 0 Å². The second kappa shape index (κ2) is 4.65. The molecule has 0 aliphatic heterocycles. The summed E-state index contributed by atoms with van der Waals surface area (Å²) in [7, 11) is 0. The van der Waals surface area contributed by atoms with E-state index < -0.39 is 0 Å². The molecule has 0 fully saturated rings. The minimum atomic E-state index is -0.118. The third-order valence-corrected chi connectivity index (χ3v) is 1.96. The van der Waals surface area contributed by atoms with E-state index in [4.69, 9.17) is 0 Å². The van der Waals surface area contributed by atoms with Crippen LogP contribution in [0.5, 0.6) is 5.75 Å². The molecule has 1 aromatic rings. The van der Waals surface area contributed by atoms with Crippen LogP contribution in [0, 0.1) is 0 Å². The maximum absolute atomic E-state index is 10.9. The van der Waals surface area contributed by atoms with Crippen molar-refractivity contribution in [1.82, 2.24) is 0 Å². The Morgan fingerprint density at radius 1 is 1.50 bits per heavy atom. The Kier molecular flexibility index (Phi) is 3.51. The molecule has 0 bridgehead atoms. The zero-order chi connectivity index (χ0) is 10.6. The van der Waals surface area contributed by atoms with Crippen molar-refractivity contribution in [1.29, 1.82) is 0 Å². The van der Waals surface area contributed by atoms with Crippen LogP contribution in [-0.2, 0) is 11.2 Å². The van der Waals surface area contributed by atoms with E-state index in [1.807, 2.05) is 6.92 Å². The highest BCUT2D eigenvalue weighted by atomic mass is 16.3. The third kappa shape index (κ3) is 2.49. The quantitative estimate of drug-likeness (QED) is 0.773. The summed E-state index contributed by atoms with van der Waals surface area (Å²) in [5, 5.41) is 12.3. The summed E-state index contributed by atoms with van der Waals surface area (Å²) in [4.78, 5) is 10.9. The Bertz CT molecular complexity index is 334. The Hall–Kier alpha value is -1.51. The summed E-state index contributed by atoms with van der Waals surface area (Å²) in [5.74, 6) is 0.131. The first-order valence-electron chi connectivity index (χ1n) is 4.73. The van der Waals surface area contributed by atoms with Gasteiger partial charge in [0.1, 0.15) is 5.75 Å². The summed E-state index contributed by atoms with van der Waals surface area (Å²) in [5.41, 5.74) is 1.52. The lowest BCUT2D eigenvalue weighted by Gasteiger charge is -2.10. The molecule has 0 unspecified atom stereocenters. The normalized spacial score (nSPS) is 9.86. The summed E-state index contributed by atoms with van der Waals surface area (Å²) >= 11 is 0. The highest BCUT2D eigenvalue weighted by Gasteiger charge is 2.07. The first-order chi connectivity index (χ1) is 6.65. The van der Waals surface area contributed by atoms with Crippen LogP contribution in [0.15, 0.2) is 18.2 Å². The van der Waals surface area contributed by atoms with Gasteiger partial charge < -0.3 is 10.4 Å².